The summed E-state index contributed by atoms with van der Waals surface area (Å²) < 4.78 is 19.9. The number of amides is 2. The topological polar surface area (TPSA) is 75.4 Å². The van der Waals surface area contributed by atoms with Gasteiger partial charge in [-0.1, -0.05) is 18.2 Å². The molecule has 2 amide bonds. The number of pyridine rings is 1. The van der Waals surface area contributed by atoms with Crippen LogP contribution in [-0.2, 0) is 23.3 Å². The fraction of sp³-hybridized carbons (Fsp3) is 0.292. The van der Waals surface area contributed by atoms with Crippen molar-refractivity contribution in [1.29, 1.82) is 0 Å². The summed E-state index contributed by atoms with van der Waals surface area (Å²) >= 11 is 0. The highest BCUT2D eigenvalue weighted by Crippen LogP contribution is 2.41. The maximum Gasteiger partial charge on any atom is 0.270 e. The van der Waals surface area contributed by atoms with Gasteiger partial charge in [-0.15, -0.1) is 0 Å². The van der Waals surface area contributed by atoms with Crippen molar-refractivity contribution < 1.29 is 18.4 Å². The molecule has 1 aliphatic rings. The van der Waals surface area contributed by atoms with Gasteiger partial charge in [0.1, 0.15) is 28.8 Å². The summed E-state index contributed by atoms with van der Waals surface area (Å²) in [6.45, 7) is 7.54. The number of benzene rings is 1. The van der Waals surface area contributed by atoms with Gasteiger partial charge in [-0.2, -0.15) is 0 Å². The number of carbonyl (C=O) groups excluding carboxylic acids is 2. The SMILES string of the molecule is Cc1ccc(CNC(=O)c2ccc3c(n2)N(Cc2c(C)cccc2F)C(=O)C3(C)C)o1. The predicted octanol–water partition coefficient (Wildman–Crippen LogP) is 4.18. The molecule has 160 valence electrons. The Balaban J connectivity index is 1.64. The van der Waals surface area contributed by atoms with Crippen LogP contribution in [0.2, 0.25) is 0 Å². The summed E-state index contributed by atoms with van der Waals surface area (Å²) in [7, 11) is 0. The van der Waals surface area contributed by atoms with Gasteiger partial charge in [-0.25, -0.2) is 9.37 Å². The number of aryl methyl sites for hydroxylation is 2. The van der Waals surface area contributed by atoms with Crippen molar-refractivity contribution in [3.05, 3.63) is 82.2 Å². The quantitative estimate of drug-likeness (QED) is 0.670. The first-order valence-corrected chi connectivity index (χ1v) is 10.1. The minimum atomic E-state index is -0.817. The van der Waals surface area contributed by atoms with Crippen molar-refractivity contribution >= 4 is 17.6 Å². The third-order valence-corrected chi connectivity index (χ3v) is 5.71. The normalized spacial score (nSPS) is 14.6. The van der Waals surface area contributed by atoms with Gasteiger partial charge in [-0.3, -0.25) is 14.5 Å². The summed E-state index contributed by atoms with van der Waals surface area (Å²) in [6, 6.07) is 11.8. The number of fused-ring (bicyclic) bond motifs is 1. The largest absolute Gasteiger partial charge is 0.465 e. The van der Waals surface area contributed by atoms with E-state index in [4.69, 9.17) is 4.42 Å². The lowest BCUT2D eigenvalue weighted by molar-refractivity contribution is -0.122. The zero-order valence-corrected chi connectivity index (χ0v) is 18.0. The van der Waals surface area contributed by atoms with Crippen molar-refractivity contribution in [3.63, 3.8) is 0 Å². The van der Waals surface area contributed by atoms with Gasteiger partial charge in [0.15, 0.2) is 0 Å². The van der Waals surface area contributed by atoms with Crippen LogP contribution in [0.1, 0.15) is 52.5 Å². The Morgan fingerprint density at radius 1 is 1.16 bits per heavy atom. The number of furan rings is 1. The van der Waals surface area contributed by atoms with Crippen LogP contribution in [0.25, 0.3) is 0 Å². The second-order valence-electron chi connectivity index (χ2n) is 8.31. The molecule has 3 heterocycles. The van der Waals surface area contributed by atoms with E-state index in [0.29, 0.717) is 22.7 Å². The van der Waals surface area contributed by atoms with Crippen molar-refractivity contribution in [2.75, 3.05) is 4.90 Å². The average molecular weight is 421 g/mol. The van der Waals surface area contributed by atoms with E-state index in [0.717, 1.165) is 11.3 Å². The molecule has 0 unspecified atom stereocenters. The second kappa shape index (κ2) is 7.65. The average Bonchev–Trinajstić information content (AvgIpc) is 3.23. The molecule has 0 fully saturated rings. The van der Waals surface area contributed by atoms with Crippen LogP contribution in [0.15, 0.2) is 46.9 Å². The number of nitrogens with zero attached hydrogens (tertiary/aromatic N) is 2. The number of hydrogen-bond acceptors (Lipinski definition) is 4. The van der Waals surface area contributed by atoms with Gasteiger partial charge >= 0.3 is 0 Å². The third-order valence-electron chi connectivity index (χ3n) is 5.71. The van der Waals surface area contributed by atoms with E-state index in [1.807, 2.05) is 26.8 Å². The number of aromatic nitrogens is 1. The molecule has 0 spiro atoms. The van der Waals surface area contributed by atoms with Gasteiger partial charge in [-0.05, 0) is 57.5 Å². The van der Waals surface area contributed by atoms with E-state index in [1.54, 1.807) is 37.3 Å². The second-order valence-corrected chi connectivity index (χ2v) is 8.31. The Hall–Kier alpha value is -3.48. The maximum atomic E-state index is 14.4. The number of halogens is 1. The van der Waals surface area contributed by atoms with Crippen LogP contribution in [-0.4, -0.2) is 16.8 Å². The molecule has 2 aromatic heterocycles. The fourth-order valence-corrected chi connectivity index (χ4v) is 3.83. The van der Waals surface area contributed by atoms with Gasteiger partial charge < -0.3 is 9.73 Å². The van der Waals surface area contributed by atoms with E-state index in [9.17, 15) is 14.0 Å². The lowest BCUT2D eigenvalue weighted by Crippen LogP contribution is -2.36. The first-order valence-electron chi connectivity index (χ1n) is 10.1. The Morgan fingerprint density at radius 3 is 2.61 bits per heavy atom. The lowest BCUT2D eigenvalue weighted by atomic mass is 9.87. The third kappa shape index (κ3) is 3.71. The molecule has 31 heavy (non-hydrogen) atoms. The molecule has 1 aromatic carbocycles. The van der Waals surface area contributed by atoms with Crippen LogP contribution in [0, 0.1) is 19.7 Å². The fourth-order valence-electron chi connectivity index (χ4n) is 3.83. The number of carbonyl (C=O) groups is 2. The molecular formula is C24H24FN3O3. The molecule has 6 nitrogen and oxygen atoms in total. The Kier molecular flexibility index (Phi) is 5.13. The lowest BCUT2D eigenvalue weighted by Gasteiger charge is -2.21. The van der Waals surface area contributed by atoms with Crippen molar-refractivity contribution in [2.24, 2.45) is 0 Å². The summed E-state index contributed by atoms with van der Waals surface area (Å²) in [5.74, 6) is 0.859. The monoisotopic (exact) mass is 421 g/mol. The van der Waals surface area contributed by atoms with E-state index < -0.39 is 5.41 Å². The highest BCUT2D eigenvalue weighted by atomic mass is 19.1. The first kappa shape index (κ1) is 20.8. The molecular weight excluding hydrogens is 397 g/mol. The molecule has 0 atom stereocenters. The Bertz CT molecular complexity index is 1160. The van der Waals surface area contributed by atoms with E-state index in [1.165, 1.54) is 11.0 Å². The molecule has 1 aliphatic heterocycles. The summed E-state index contributed by atoms with van der Waals surface area (Å²) in [4.78, 5) is 31.8. The van der Waals surface area contributed by atoms with Crippen LogP contribution in [0.4, 0.5) is 10.2 Å². The molecule has 3 aromatic rings. The molecule has 1 N–H and O–H groups in total. The number of hydrogen-bond donors (Lipinski definition) is 1. The number of rotatable bonds is 5. The van der Waals surface area contributed by atoms with Crippen LogP contribution in [0.5, 0.6) is 0 Å². The Labute approximate surface area is 180 Å². The van der Waals surface area contributed by atoms with Crippen molar-refractivity contribution in [2.45, 2.75) is 46.2 Å². The highest BCUT2D eigenvalue weighted by molar-refractivity contribution is 6.07. The summed E-state index contributed by atoms with van der Waals surface area (Å²) in [5.41, 5.74) is 1.26. The molecule has 0 saturated carbocycles. The van der Waals surface area contributed by atoms with Gasteiger partial charge in [0.2, 0.25) is 5.91 Å². The smallest absolute Gasteiger partial charge is 0.270 e. The molecule has 7 heteroatoms. The Morgan fingerprint density at radius 2 is 1.94 bits per heavy atom. The number of nitrogens with one attached hydrogen (secondary N) is 1. The van der Waals surface area contributed by atoms with Gasteiger partial charge in [0.25, 0.3) is 5.91 Å². The minimum absolute atomic E-state index is 0.0531. The van der Waals surface area contributed by atoms with E-state index in [-0.39, 0.29) is 36.4 Å². The van der Waals surface area contributed by atoms with Crippen molar-refractivity contribution in [3.8, 4) is 0 Å². The van der Waals surface area contributed by atoms with Gasteiger partial charge in [0, 0.05) is 11.1 Å². The van der Waals surface area contributed by atoms with Crippen LogP contribution in [0.3, 0.4) is 0 Å². The highest BCUT2D eigenvalue weighted by Gasteiger charge is 2.45. The van der Waals surface area contributed by atoms with Crippen molar-refractivity contribution in [1.82, 2.24) is 10.3 Å². The summed E-state index contributed by atoms with van der Waals surface area (Å²) in [6.07, 6.45) is 0. The maximum absolute atomic E-state index is 14.4. The van der Waals surface area contributed by atoms with E-state index in [2.05, 4.69) is 10.3 Å². The van der Waals surface area contributed by atoms with Gasteiger partial charge in [0.05, 0.1) is 18.5 Å². The molecule has 0 radical (unpaired) electrons. The molecule has 0 bridgehead atoms. The molecule has 0 aliphatic carbocycles. The minimum Gasteiger partial charge on any atom is -0.465 e. The zero-order chi connectivity index (χ0) is 22.3. The van der Waals surface area contributed by atoms with E-state index >= 15 is 0 Å². The predicted molar refractivity (Wildman–Crippen MR) is 114 cm³/mol. The molecule has 0 saturated heterocycles. The van der Waals surface area contributed by atoms with Crippen LogP contribution >= 0.6 is 0 Å². The molecule has 4 rings (SSSR count). The van der Waals surface area contributed by atoms with Crippen LogP contribution < -0.4 is 10.2 Å². The standard InChI is InChI=1S/C24H24FN3O3/c1-14-6-5-7-19(25)17(14)13-28-21-18(24(3,4)23(28)30)10-11-20(27-21)22(29)26-12-16-9-8-15(2)31-16/h5-11H,12-13H2,1-4H3,(H,26,29). The number of anilines is 1. The summed E-state index contributed by atoms with van der Waals surface area (Å²) in [5, 5.41) is 2.78. The zero-order valence-electron chi connectivity index (χ0n) is 18.0. The first-order chi connectivity index (χ1) is 14.7.